The van der Waals surface area contributed by atoms with Gasteiger partial charge in [-0.25, -0.2) is 4.98 Å². The highest BCUT2D eigenvalue weighted by Crippen LogP contribution is 2.25. The van der Waals surface area contributed by atoms with E-state index in [9.17, 15) is 9.59 Å². The van der Waals surface area contributed by atoms with E-state index in [0.717, 1.165) is 11.8 Å². The van der Waals surface area contributed by atoms with Gasteiger partial charge in [-0.15, -0.1) is 0 Å². The van der Waals surface area contributed by atoms with Crippen molar-refractivity contribution in [1.29, 1.82) is 0 Å². The summed E-state index contributed by atoms with van der Waals surface area (Å²) in [4.78, 5) is 28.5. The number of pyridine rings is 1. The molecule has 132 valence electrons. The number of hydrogen-bond acceptors (Lipinski definition) is 4. The summed E-state index contributed by atoms with van der Waals surface area (Å²) in [6.45, 7) is 2.20. The Morgan fingerprint density at radius 3 is 2.80 bits per heavy atom. The van der Waals surface area contributed by atoms with Crippen molar-refractivity contribution in [2.24, 2.45) is 11.7 Å². The van der Waals surface area contributed by atoms with E-state index in [1.54, 1.807) is 6.07 Å². The second kappa shape index (κ2) is 7.87. The first kappa shape index (κ1) is 17.7. The summed E-state index contributed by atoms with van der Waals surface area (Å²) in [5.41, 5.74) is 6.64. The van der Waals surface area contributed by atoms with Crippen LogP contribution in [0.2, 0.25) is 0 Å². The average molecular weight is 357 g/mol. The molecule has 25 heavy (non-hydrogen) atoms. The van der Waals surface area contributed by atoms with Crippen LogP contribution in [0.4, 0.5) is 0 Å². The molecule has 1 heterocycles. The molecule has 1 aliphatic carbocycles. The van der Waals surface area contributed by atoms with Crippen LogP contribution in [0, 0.1) is 5.92 Å². The number of nitrogens with zero attached hydrogens (tertiary/aromatic N) is 1. The number of para-hydroxylation sites is 1. The molecule has 3 N–H and O–H groups in total. The molecule has 1 aromatic heterocycles. The van der Waals surface area contributed by atoms with E-state index in [4.69, 9.17) is 5.73 Å². The fourth-order valence-electron chi connectivity index (χ4n) is 3.35. The highest BCUT2D eigenvalue weighted by molar-refractivity contribution is 7.99. The van der Waals surface area contributed by atoms with Crippen LogP contribution in [0.3, 0.4) is 0 Å². The third-order valence-electron chi connectivity index (χ3n) is 4.77. The molecule has 1 saturated carbocycles. The van der Waals surface area contributed by atoms with Gasteiger partial charge in [-0.1, -0.05) is 49.7 Å². The molecule has 2 aromatic rings. The molecule has 3 rings (SSSR count). The van der Waals surface area contributed by atoms with Gasteiger partial charge in [0.1, 0.15) is 0 Å². The van der Waals surface area contributed by atoms with Crippen molar-refractivity contribution in [2.45, 2.75) is 43.7 Å². The second-order valence-corrected chi connectivity index (χ2v) is 7.61. The molecule has 0 aliphatic heterocycles. The molecule has 0 saturated heterocycles. The zero-order valence-corrected chi connectivity index (χ0v) is 15.1. The topological polar surface area (TPSA) is 85.1 Å². The van der Waals surface area contributed by atoms with E-state index < -0.39 is 5.91 Å². The minimum Gasteiger partial charge on any atom is -0.366 e. The number of fused-ring (bicyclic) bond motifs is 1. The summed E-state index contributed by atoms with van der Waals surface area (Å²) >= 11 is 1.33. The Bertz CT molecular complexity index is 793. The molecule has 1 aromatic carbocycles. The number of benzene rings is 1. The zero-order chi connectivity index (χ0) is 17.8. The molecule has 6 heteroatoms. The molecule has 0 spiro atoms. The van der Waals surface area contributed by atoms with Crippen LogP contribution in [0.25, 0.3) is 10.9 Å². The van der Waals surface area contributed by atoms with Crippen LogP contribution in [0.15, 0.2) is 35.4 Å². The van der Waals surface area contributed by atoms with Gasteiger partial charge in [0.15, 0.2) is 0 Å². The molecule has 2 atom stereocenters. The lowest BCUT2D eigenvalue weighted by Crippen LogP contribution is -2.41. The average Bonchev–Trinajstić information content (AvgIpc) is 2.61. The smallest absolute Gasteiger partial charge is 0.249 e. The van der Waals surface area contributed by atoms with Gasteiger partial charge < -0.3 is 11.1 Å². The van der Waals surface area contributed by atoms with Crippen molar-refractivity contribution in [1.82, 2.24) is 10.3 Å². The van der Waals surface area contributed by atoms with Crippen LogP contribution in [-0.4, -0.2) is 28.6 Å². The standard InChI is InChI=1S/C19H23N3O2S/c1-12-6-2-4-8-15(12)21-17(23)11-25-18-10-14(19(20)24)13-7-3-5-9-16(13)22-18/h3,5,7,9-10,12,15H,2,4,6,8,11H2,1H3,(H2,20,24)(H,21,23)/t12-,15-/m0/s1. The largest absolute Gasteiger partial charge is 0.366 e. The second-order valence-electron chi connectivity index (χ2n) is 6.61. The van der Waals surface area contributed by atoms with Crippen molar-refractivity contribution in [3.8, 4) is 0 Å². The highest BCUT2D eigenvalue weighted by Gasteiger charge is 2.22. The number of aromatic nitrogens is 1. The number of primary amides is 1. The molecular formula is C19H23N3O2S. The van der Waals surface area contributed by atoms with Gasteiger partial charge in [0.05, 0.1) is 21.9 Å². The number of carbonyl (C=O) groups is 2. The molecule has 1 fully saturated rings. The molecule has 1 aliphatic rings. The molecule has 5 nitrogen and oxygen atoms in total. The Morgan fingerprint density at radius 2 is 2.04 bits per heavy atom. The summed E-state index contributed by atoms with van der Waals surface area (Å²) in [6.07, 6.45) is 4.65. The lowest BCUT2D eigenvalue weighted by atomic mass is 9.86. The van der Waals surface area contributed by atoms with E-state index in [2.05, 4.69) is 17.2 Å². The van der Waals surface area contributed by atoms with Gasteiger partial charge >= 0.3 is 0 Å². The predicted molar refractivity (Wildman–Crippen MR) is 101 cm³/mol. The van der Waals surface area contributed by atoms with Gasteiger partial charge in [0.25, 0.3) is 0 Å². The third kappa shape index (κ3) is 4.31. The van der Waals surface area contributed by atoms with E-state index >= 15 is 0 Å². The number of nitrogens with one attached hydrogen (secondary N) is 1. The van der Waals surface area contributed by atoms with Gasteiger partial charge in [-0.2, -0.15) is 0 Å². The maximum atomic E-state index is 12.3. The fourth-order valence-corrected chi connectivity index (χ4v) is 4.07. The first-order valence-corrected chi connectivity index (χ1v) is 9.65. The SMILES string of the molecule is C[C@H]1CCCC[C@@H]1NC(=O)CSc1cc(C(N)=O)c2ccccc2n1. The van der Waals surface area contributed by atoms with Gasteiger partial charge in [0.2, 0.25) is 11.8 Å². The number of nitrogens with two attached hydrogens (primary N) is 1. The van der Waals surface area contributed by atoms with Crippen molar-refractivity contribution < 1.29 is 9.59 Å². The minimum atomic E-state index is -0.485. The summed E-state index contributed by atoms with van der Waals surface area (Å²) < 4.78 is 0. The van der Waals surface area contributed by atoms with Crippen LogP contribution < -0.4 is 11.1 Å². The van der Waals surface area contributed by atoms with Crippen LogP contribution >= 0.6 is 11.8 Å². The predicted octanol–water partition coefficient (Wildman–Crippen LogP) is 3.12. The lowest BCUT2D eigenvalue weighted by Gasteiger charge is -2.29. The number of thioether (sulfide) groups is 1. The van der Waals surface area contributed by atoms with Crippen molar-refractivity contribution in [3.05, 3.63) is 35.9 Å². The van der Waals surface area contributed by atoms with Crippen LogP contribution in [-0.2, 0) is 4.79 Å². The summed E-state index contributed by atoms with van der Waals surface area (Å²) in [5.74, 6) is 0.343. The molecule has 0 unspecified atom stereocenters. The minimum absolute atomic E-state index is 0.0133. The number of amides is 2. The van der Waals surface area contributed by atoms with Gasteiger partial charge in [-0.3, -0.25) is 9.59 Å². The first-order chi connectivity index (χ1) is 12.0. The Morgan fingerprint density at radius 1 is 1.28 bits per heavy atom. The monoisotopic (exact) mass is 357 g/mol. The van der Waals surface area contributed by atoms with Gasteiger partial charge in [0, 0.05) is 11.4 Å². The summed E-state index contributed by atoms with van der Waals surface area (Å²) in [5, 5.41) is 4.51. The van der Waals surface area contributed by atoms with Crippen LogP contribution in [0.1, 0.15) is 43.0 Å². The quantitative estimate of drug-likeness (QED) is 0.805. The maximum Gasteiger partial charge on any atom is 0.249 e. The van der Waals surface area contributed by atoms with E-state index in [0.29, 0.717) is 22.0 Å². The summed E-state index contributed by atoms with van der Waals surface area (Å²) in [6, 6.07) is 9.33. The Hall–Kier alpha value is -2.08. The Balaban J connectivity index is 1.68. The summed E-state index contributed by atoms with van der Waals surface area (Å²) in [7, 11) is 0. The fraction of sp³-hybridized carbons (Fsp3) is 0.421. The lowest BCUT2D eigenvalue weighted by molar-refractivity contribution is -0.119. The Kier molecular flexibility index (Phi) is 5.58. The number of rotatable bonds is 5. The first-order valence-electron chi connectivity index (χ1n) is 8.66. The number of hydrogen-bond donors (Lipinski definition) is 2. The molecule has 0 bridgehead atoms. The van der Waals surface area contributed by atoms with Crippen molar-refractivity contribution >= 4 is 34.5 Å². The highest BCUT2D eigenvalue weighted by atomic mass is 32.2. The van der Waals surface area contributed by atoms with Crippen LogP contribution in [0.5, 0.6) is 0 Å². The maximum absolute atomic E-state index is 12.3. The van der Waals surface area contributed by atoms with Gasteiger partial charge in [-0.05, 0) is 30.9 Å². The molecule has 2 amide bonds. The zero-order valence-electron chi connectivity index (χ0n) is 14.3. The van der Waals surface area contributed by atoms with E-state index in [1.165, 1.54) is 31.0 Å². The Labute approximate surface area is 151 Å². The van der Waals surface area contributed by atoms with E-state index in [-0.39, 0.29) is 17.7 Å². The normalized spacial score (nSPS) is 20.4. The van der Waals surface area contributed by atoms with Crippen molar-refractivity contribution in [2.75, 3.05) is 5.75 Å². The molecule has 0 radical (unpaired) electrons. The molecular weight excluding hydrogens is 334 g/mol. The third-order valence-corrected chi connectivity index (χ3v) is 5.68. The van der Waals surface area contributed by atoms with E-state index in [1.807, 2.05) is 24.3 Å². The number of carbonyl (C=O) groups excluding carboxylic acids is 2. The van der Waals surface area contributed by atoms with Crippen molar-refractivity contribution in [3.63, 3.8) is 0 Å².